The summed E-state index contributed by atoms with van der Waals surface area (Å²) in [4.78, 5) is 91.1. The molecule has 1 aromatic heterocycles. The number of carbonyl (C=O) groups is 3. The van der Waals surface area contributed by atoms with Crippen molar-refractivity contribution < 1.29 is 80.5 Å². The molecule has 0 spiro atoms. The van der Waals surface area contributed by atoms with E-state index in [0.29, 0.717) is 23.5 Å². The zero-order valence-corrected chi connectivity index (χ0v) is 36.7. The van der Waals surface area contributed by atoms with Gasteiger partial charge in [0.05, 0.1) is 0 Å². The molecule has 2 heterocycles. The van der Waals surface area contributed by atoms with E-state index in [0.717, 1.165) is 33.0 Å². The molecule has 0 bridgehead atoms. The van der Waals surface area contributed by atoms with Gasteiger partial charge in [-0.15, -0.1) is 0 Å². The highest BCUT2D eigenvalue weighted by molar-refractivity contribution is 8.76. The second-order valence-electron chi connectivity index (χ2n) is 13.7. The molecule has 6 unspecified atom stereocenters. The fraction of sp³-hybridized carbons (Fsp3) is 0.306. The van der Waals surface area contributed by atoms with Gasteiger partial charge in [0.15, 0.2) is 6.29 Å². The predicted molar refractivity (Wildman–Crippen MR) is 225 cm³/mol. The topological polar surface area (TPSA) is 329 Å². The van der Waals surface area contributed by atoms with Crippen molar-refractivity contribution in [2.45, 2.75) is 55.6 Å². The Morgan fingerprint density at radius 1 is 0.889 bits per heavy atom. The Labute approximate surface area is 365 Å². The molecule has 8 N–H and O–H groups in total. The van der Waals surface area contributed by atoms with Crippen LogP contribution < -0.4 is 16.3 Å². The van der Waals surface area contributed by atoms with Crippen LogP contribution in [0.5, 0.6) is 0 Å². The molecular weight excluding hydrogens is 933 g/mol. The molecule has 3 aromatic carbocycles. The van der Waals surface area contributed by atoms with Crippen molar-refractivity contribution in [3.8, 4) is 11.1 Å². The van der Waals surface area contributed by atoms with E-state index in [9.17, 15) is 52.9 Å². The van der Waals surface area contributed by atoms with Gasteiger partial charge < -0.3 is 49.9 Å². The van der Waals surface area contributed by atoms with Crippen LogP contribution in [0.15, 0.2) is 89.9 Å². The zero-order valence-electron chi connectivity index (χ0n) is 32.3. The van der Waals surface area contributed by atoms with Gasteiger partial charge in [0.25, 0.3) is 5.91 Å². The third kappa shape index (κ3) is 13.2. The molecule has 1 aliphatic heterocycles. The maximum absolute atomic E-state index is 13.3. The Kier molecular flexibility index (Phi) is 15.9. The van der Waals surface area contributed by atoms with Gasteiger partial charge in [0, 0.05) is 35.6 Å². The summed E-state index contributed by atoms with van der Waals surface area (Å²) in [7, 11) is -14.3. The predicted octanol–water partition coefficient (Wildman–Crippen LogP) is 5.10. The Morgan fingerprint density at radius 3 is 2.19 bits per heavy atom. The van der Waals surface area contributed by atoms with Crippen molar-refractivity contribution in [2.24, 2.45) is 0 Å². The number of aliphatic carboxylic acids is 1. The summed E-state index contributed by atoms with van der Waals surface area (Å²) in [6, 6.07) is 22.5. The van der Waals surface area contributed by atoms with E-state index in [1.165, 1.54) is 27.7 Å². The van der Waals surface area contributed by atoms with Crippen molar-refractivity contribution >= 4 is 68.8 Å². The number of hydrogen-bond acceptors (Lipinski definition) is 16. The quantitative estimate of drug-likeness (QED) is 0.0324. The van der Waals surface area contributed by atoms with Gasteiger partial charge in [0.1, 0.15) is 30.8 Å². The van der Waals surface area contributed by atoms with E-state index < -0.39 is 78.2 Å². The largest absolute Gasteiger partial charge is 0.490 e. The third-order valence-electron chi connectivity index (χ3n) is 9.30. The molecule has 2 aliphatic rings. The summed E-state index contributed by atoms with van der Waals surface area (Å²) in [6.07, 6.45) is -4.67. The molecule has 1 aliphatic carbocycles. The average Bonchev–Trinajstić information content (AvgIpc) is 3.72. The zero-order chi connectivity index (χ0) is 45.5. The smallest absolute Gasteiger partial charge is 0.480 e. The molecule has 6 atom stereocenters. The Hall–Kier alpha value is -4.22. The number of rotatable bonds is 20. The van der Waals surface area contributed by atoms with Crippen molar-refractivity contribution in [2.75, 3.05) is 17.7 Å². The minimum absolute atomic E-state index is 0.0453. The number of aliphatic hydroxyl groups is 1. The molecule has 22 nitrogen and oxygen atoms in total. The van der Waals surface area contributed by atoms with Crippen LogP contribution in [0.1, 0.15) is 58.5 Å². The molecule has 2 amide bonds. The highest BCUT2D eigenvalue weighted by Gasteiger charge is 2.46. The number of carboxylic acids is 1. The van der Waals surface area contributed by atoms with Crippen LogP contribution in [-0.4, -0.2) is 88.1 Å². The molecule has 4 aromatic rings. The Bertz CT molecular complexity index is 2500. The van der Waals surface area contributed by atoms with E-state index in [-0.39, 0.29) is 30.3 Å². The number of benzene rings is 3. The standard InChI is InChI=1S/C36H39N4O18P3S2/c41-29-18-31(55-34(29)56-60(50,51)58-61(52,53)57-59(47,48)49)40-16-15-30(39-35(40)45)38-32(42)22-9-2-1-8-21(22)20-63-62-17-7-14-28(33(43)44)37-36(46)54-19-27-25-12-5-3-10-23(25)24-11-4-6-13-26(24)27/h1-6,8-13,15-16,27-29,31,34,41H,7,14,17-20H2,(H,37,46)(H,43,44)(H,50,51)(H,52,53)(H2,47,48,49)(H,38,39,42,45). The van der Waals surface area contributed by atoms with Crippen molar-refractivity contribution in [3.05, 3.63) is 118 Å². The lowest BCUT2D eigenvalue weighted by molar-refractivity contribution is -0.139. The summed E-state index contributed by atoms with van der Waals surface area (Å²) in [5.74, 6) is -1.25. The normalized spacial score (nSPS) is 19.5. The number of alkyl carbamates (subject to hydrolysis) is 1. The highest BCUT2D eigenvalue weighted by atomic mass is 33.1. The molecule has 1 fully saturated rings. The minimum atomic E-state index is -5.84. The Morgan fingerprint density at radius 2 is 1.54 bits per heavy atom. The molecule has 63 heavy (non-hydrogen) atoms. The maximum atomic E-state index is 13.3. The number of phosphoric acid groups is 3. The number of ether oxygens (including phenoxy) is 2. The van der Waals surface area contributed by atoms with E-state index in [4.69, 9.17) is 19.3 Å². The van der Waals surface area contributed by atoms with Crippen LogP contribution in [0.2, 0.25) is 0 Å². The van der Waals surface area contributed by atoms with E-state index in [1.54, 1.807) is 24.3 Å². The summed E-state index contributed by atoms with van der Waals surface area (Å²) >= 11 is 0. The van der Waals surface area contributed by atoms with Crippen LogP contribution in [0, 0.1) is 0 Å². The lowest BCUT2D eigenvalue weighted by Gasteiger charge is -2.20. The first-order chi connectivity index (χ1) is 29.8. The number of aliphatic hydroxyl groups excluding tert-OH is 1. The van der Waals surface area contributed by atoms with Gasteiger partial charge in [-0.3, -0.25) is 13.9 Å². The van der Waals surface area contributed by atoms with Crippen LogP contribution in [0.3, 0.4) is 0 Å². The lowest BCUT2D eigenvalue weighted by Crippen LogP contribution is -2.41. The molecular formula is C36H39N4O18P3S2. The monoisotopic (exact) mass is 972 g/mol. The van der Waals surface area contributed by atoms with Gasteiger partial charge in [-0.25, -0.2) is 28.1 Å². The van der Waals surface area contributed by atoms with Gasteiger partial charge >= 0.3 is 41.2 Å². The number of phosphoric ester groups is 1. The van der Waals surface area contributed by atoms with Gasteiger partial charge in [-0.1, -0.05) is 88.3 Å². The highest BCUT2D eigenvalue weighted by Crippen LogP contribution is 2.67. The number of amides is 2. The first-order valence-corrected chi connectivity index (χ1v) is 25.5. The van der Waals surface area contributed by atoms with Crippen LogP contribution >= 0.6 is 45.1 Å². The van der Waals surface area contributed by atoms with Crippen molar-refractivity contribution in [3.63, 3.8) is 0 Å². The third-order valence-corrected chi connectivity index (χ3v) is 15.5. The second-order valence-corrected chi connectivity index (χ2v) is 20.6. The van der Waals surface area contributed by atoms with Crippen molar-refractivity contribution in [1.82, 2.24) is 14.9 Å². The number of nitrogens with one attached hydrogen (secondary N) is 2. The number of anilines is 1. The SMILES string of the molecule is O=C(NC(CCCSSCc1ccccc1C(=O)Nc1ccn(C2CC(O)C(OP(=O)(O)OP(=O)(O)OP(=O)(O)O)O2)c(=O)n1)C(=O)O)OCC1c2ccccc2-c2ccccc21. The molecule has 0 radical (unpaired) electrons. The van der Waals surface area contributed by atoms with Gasteiger partial charge in [-0.2, -0.15) is 13.6 Å². The number of aromatic nitrogens is 2. The first-order valence-electron chi connectivity index (χ1n) is 18.5. The number of fused-ring (bicyclic) bond motifs is 3. The maximum Gasteiger partial charge on any atom is 0.490 e. The van der Waals surface area contributed by atoms with Crippen LogP contribution in [0.4, 0.5) is 10.6 Å². The Balaban J connectivity index is 0.940. The summed E-state index contributed by atoms with van der Waals surface area (Å²) in [5.41, 5.74) is 4.11. The minimum Gasteiger partial charge on any atom is -0.480 e. The summed E-state index contributed by atoms with van der Waals surface area (Å²) in [5, 5.41) is 25.0. The van der Waals surface area contributed by atoms with E-state index >= 15 is 0 Å². The van der Waals surface area contributed by atoms with E-state index in [2.05, 4.69) is 28.8 Å². The molecule has 1 saturated heterocycles. The fourth-order valence-corrected chi connectivity index (χ4v) is 11.9. The summed E-state index contributed by atoms with van der Waals surface area (Å²) < 4.78 is 58.1. The van der Waals surface area contributed by atoms with Gasteiger partial charge in [0.2, 0.25) is 0 Å². The fourth-order valence-electron chi connectivity index (χ4n) is 6.63. The molecule has 338 valence electrons. The van der Waals surface area contributed by atoms with Crippen LogP contribution in [0.25, 0.3) is 11.1 Å². The average molecular weight is 973 g/mol. The number of carbonyl (C=O) groups excluding carboxylic acids is 2. The summed E-state index contributed by atoms with van der Waals surface area (Å²) in [6.45, 7) is 0.0453. The van der Waals surface area contributed by atoms with Crippen molar-refractivity contribution in [1.29, 1.82) is 0 Å². The van der Waals surface area contributed by atoms with E-state index in [1.807, 2.05) is 48.5 Å². The van der Waals surface area contributed by atoms with Crippen LogP contribution in [-0.2, 0) is 46.9 Å². The second kappa shape index (κ2) is 20.7. The first kappa shape index (κ1) is 48.2. The van der Waals surface area contributed by atoms with Gasteiger partial charge in [-0.05, 0) is 52.8 Å². The number of nitrogens with zero attached hydrogens (tertiary/aromatic N) is 2. The molecule has 6 rings (SSSR count). The lowest BCUT2D eigenvalue weighted by atomic mass is 9.98. The molecule has 0 saturated carbocycles. The number of carboxylic acid groups (broad SMARTS) is 1. The molecule has 27 heteroatoms. The number of hydrogen-bond donors (Lipinski definition) is 8.